The highest BCUT2D eigenvalue weighted by molar-refractivity contribution is 6.27. The van der Waals surface area contributed by atoms with Crippen LogP contribution in [-0.2, 0) is 6.54 Å². The standard InChI is InChI=1S/C36H28FN3O5/c37-26-17-15-23(16-18-26)22-40-34(41)28-29(35(40)42)33(44-31(24-10-3-1-4-11-24)25-12-5-2-6-13-25)30-27(14-9-19-38-30)32(28)45-36(43)39-20-7-8-21-39/h1-6,9-19,31H,7-8,20-22H2. The summed E-state index contributed by atoms with van der Waals surface area (Å²) in [5.74, 6) is -1.62. The third kappa shape index (κ3) is 5.26. The number of carbonyl (C=O) groups is 3. The van der Waals surface area contributed by atoms with Gasteiger partial charge in [-0.25, -0.2) is 9.18 Å². The van der Waals surface area contributed by atoms with E-state index < -0.39 is 29.8 Å². The highest BCUT2D eigenvalue weighted by Gasteiger charge is 2.44. The zero-order chi connectivity index (χ0) is 30.9. The number of imide groups is 1. The Balaban J connectivity index is 1.41. The maximum absolute atomic E-state index is 14.3. The van der Waals surface area contributed by atoms with Gasteiger partial charge in [-0.05, 0) is 53.8 Å². The van der Waals surface area contributed by atoms with Gasteiger partial charge < -0.3 is 14.4 Å². The number of ether oxygens (including phenoxy) is 2. The number of pyridine rings is 1. The number of fused-ring (bicyclic) bond motifs is 2. The summed E-state index contributed by atoms with van der Waals surface area (Å²) in [6, 6.07) is 28.0. The van der Waals surface area contributed by atoms with Crippen LogP contribution in [0.15, 0.2) is 103 Å². The molecule has 0 spiro atoms. The highest BCUT2D eigenvalue weighted by Crippen LogP contribution is 2.46. The number of hydrogen-bond acceptors (Lipinski definition) is 6. The fourth-order valence-corrected chi connectivity index (χ4v) is 5.91. The molecule has 3 amide bonds. The number of rotatable bonds is 7. The Morgan fingerprint density at radius 1 is 0.778 bits per heavy atom. The Labute approximate surface area is 258 Å². The maximum Gasteiger partial charge on any atom is 0.415 e. The molecule has 0 N–H and O–H groups in total. The summed E-state index contributed by atoms with van der Waals surface area (Å²) in [7, 11) is 0. The van der Waals surface area contributed by atoms with Crippen molar-refractivity contribution < 1.29 is 28.2 Å². The average Bonchev–Trinajstić information content (AvgIpc) is 3.70. The van der Waals surface area contributed by atoms with Crippen LogP contribution in [0.25, 0.3) is 10.9 Å². The van der Waals surface area contributed by atoms with Crippen LogP contribution >= 0.6 is 0 Å². The van der Waals surface area contributed by atoms with Gasteiger partial charge in [0.15, 0.2) is 11.5 Å². The molecule has 1 aromatic heterocycles. The predicted molar refractivity (Wildman–Crippen MR) is 165 cm³/mol. The molecule has 5 aromatic rings. The van der Waals surface area contributed by atoms with Crippen molar-refractivity contribution >= 4 is 28.8 Å². The van der Waals surface area contributed by atoms with Gasteiger partial charge in [-0.2, -0.15) is 0 Å². The van der Waals surface area contributed by atoms with Crippen LogP contribution in [0.2, 0.25) is 0 Å². The van der Waals surface area contributed by atoms with Gasteiger partial charge in [-0.3, -0.25) is 19.5 Å². The first-order valence-electron chi connectivity index (χ1n) is 14.8. The third-order valence-corrected chi connectivity index (χ3v) is 8.14. The van der Waals surface area contributed by atoms with E-state index in [2.05, 4.69) is 4.98 Å². The number of aromatic nitrogens is 1. The van der Waals surface area contributed by atoms with Crippen molar-refractivity contribution in [2.75, 3.05) is 13.1 Å². The molecule has 0 bridgehead atoms. The lowest BCUT2D eigenvalue weighted by atomic mass is 9.99. The monoisotopic (exact) mass is 601 g/mol. The molecule has 2 aliphatic heterocycles. The minimum atomic E-state index is -0.659. The summed E-state index contributed by atoms with van der Waals surface area (Å²) < 4.78 is 26.4. The Morgan fingerprint density at radius 2 is 1.38 bits per heavy atom. The van der Waals surface area contributed by atoms with Crippen molar-refractivity contribution in [2.24, 2.45) is 0 Å². The van der Waals surface area contributed by atoms with E-state index in [9.17, 15) is 18.8 Å². The fourth-order valence-electron chi connectivity index (χ4n) is 5.91. The molecule has 224 valence electrons. The number of amides is 3. The first-order valence-corrected chi connectivity index (χ1v) is 14.8. The van der Waals surface area contributed by atoms with Crippen LogP contribution in [0.3, 0.4) is 0 Å². The van der Waals surface area contributed by atoms with E-state index in [0.717, 1.165) is 28.9 Å². The second-order valence-electron chi connectivity index (χ2n) is 11.0. The normalized spacial score (nSPS) is 14.4. The second kappa shape index (κ2) is 11.8. The lowest BCUT2D eigenvalue weighted by Gasteiger charge is -2.23. The smallest absolute Gasteiger partial charge is 0.415 e. The first-order chi connectivity index (χ1) is 22.0. The van der Waals surface area contributed by atoms with E-state index in [4.69, 9.17) is 9.47 Å². The number of likely N-dealkylation sites (tertiary alicyclic amines) is 1. The molecule has 3 heterocycles. The van der Waals surface area contributed by atoms with E-state index in [-0.39, 0.29) is 34.7 Å². The first kappa shape index (κ1) is 28.2. The molecule has 4 aromatic carbocycles. The molecule has 1 saturated heterocycles. The zero-order valence-electron chi connectivity index (χ0n) is 24.2. The van der Waals surface area contributed by atoms with Gasteiger partial charge >= 0.3 is 6.09 Å². The Kier molecular flexibility index (Phi) is 7.42. The van der Waals surface area contributed by atoms with Gasteiger partial charge in [-0.15, -0.1) is 0 Å². The average molecular weight is 602 g/mol. The van der Waals surface area contributed by atoms with E-state index >= 15 is 0 Å². The van der Waals surface area contributed by atoms with Gasteiger partial charge in [-0.1, -0.05) is 72.8 Å². The maximum atomic E-state index is 14.3. The van der Waals surface area contributed by atoms with Crippen LogP contribution in [0.4, 0.5) is 9.18 Å². The van der Waals surface area contributed by atoms with E-state index in [1.165, 1.54) is 24.3 Å². The van der Waals surface area contributed by atoms with Crippen LogP contribution in [0.5, 0.6) is 11.5 Å². The third-order valence-electron chi connectivity index (χ3n) is 8.14. The second-order valence-corrected chi connectivity index (χ2v) is 11.0. The summed E-state index contributed by atoms with van der Waals surface area (Å²) in [6.45, 7) is 0.964. The Hall–Kier alpha value is -5.57. The van der Waals surface area contributed by atoms with E-state index in [1.807, 2.05) is 60.7 Å². The van der Waals surface area contributed by atoms with Gasteiger partial charge in [0.1, 0.15) is 28.6 Å². The SMILES string of the molecule is O=C(Oc1c2c(c(OC(c3ccccc3)c3ccccc3)c3ncccc13)C(=O)N(Cc1ccc(F)cc1)C2=O)N1CCCC1. The molecule has 2 aliphatic rings. The molecule has 9 heteroatoms. The zero-order valence-corrected chi connectivity index (χ0v) is 24.2. The van der Waals surface area contributed by atoms with Gasteiger partial charge in [0.25, 0.3) is 11.8 Å². The summed E-state index contributed by atoms with van der Waals surface area (Å²) in [4.78, 5) is 49.0. The molecule has 7 rings (SSSR count). The summed E-state index contributed by atoms with van der Waals surface area (Å²) in [5.41, 5.74) is 2.39. The minimum absolute atomic E-state index is 0.0330. The van der Waals surface area contributed by atoms with Crippen molar-refractivity contribution in [3.63, 3.8) is 0 Å². The lowest BCUT2D eigenvalue weighted by molar-refractivity contribution is 0.0640. The topological polar surface area (TPSA) is 89.0 Å². The number of halogens is 1. The van der Waals surface area contributed by atoms with Crippen LogP contribution in [0.1, 0.15) is 56.4 Å². The van der Waals surface area contributed by atoms with Crippen molar-refractivity contribution in [3.8, 4) is 11.5 Å². The van der Waals surface area contributed by atoms with Crippen LogP contribution in [-0.4, -0.2) is 45.8 Å². The minimum Gasteiger partial charge on any atom is -0.478 e. The summed E-state index contributed by atoms with van der Waals surface area (Å²) >= 11 is 0. The molecule has 0 aliphatic carbocycles. The molecular weight excluding hydrogens is 573 g/mol. The molecule has 45 heavy (non-hydrogen) atoms. The number of nitrogens with zero attached hydrogens (tertiary/aromatic N) is 3. The fraction of sp³-hybridized carbons (Fsp3) is 0.167. The predicted octanol–water partition coefficient (Wildman–Crippen LogP) is 6.93. The van der Waals surface area contributed by atoms with Gasteiger partial charge in [0, 0.05) is 24.7 Å². The van der Waals surface area contributed by atoms with Crippen molar-refractivity contribution in [3.05, 3.63) is 137 Å². The highest BCUT2D eigenvalue weighted by atomic mass is 19.1. The Bertz CT molecular complexity index is 1870. The lowest BCUT2D eigenvalue weighted by Crippen LogP contribution is -2.31. The molecule has 0 atom stereocenters. The number of carbonyl (C=O) groups excluding carboxylic acids is 3. The van der Waals surface area contributed by atoms with Crippen LogP contribution in [0, 0.1) is 5.82 Å². The summed E-state index contributed by atoms with van der Waals surface area (Å²) in [5, 5.41) is 0.364. The largest absolute Gasteiger partial charge is 0.478 e. The van der Waals surface area contributed by atoms with Gasteiger partial charge in [0.05, 0.1) is 6.54 Å². The number of benzene rings is 4. The molecule has 1 fully saturated rings. The van der Waals surface area contributed by atoms with Gasteiger partial charge in [0.2, 0.25) is 0 Å². The Morgan fingerprint density at radius 3 is 2.00 bits per heavy atom. The molecule has 0 saturated carbocycles. The van der Waals surface area contributed by atoms with Crippen molar-refractivity contribution in [1.82, 2.24) is 14.8 Å². The van der Waals surface area contributed by atoms with Crippen molar-refractivity contribution in [1.29, 1.82) is 0 Å². The molecular formula is C36H28FN3O5. The molecule has 0 radical (unpaired) electrons. The number of hydrogen-bond donors (Lipinski definition) is 0. The van der Waals surface area contributed by atoms with Crippen molar-refractivity contribution in [2.45, 2.75) is 25.5 Å². The van der Waals surface area contributed by atoms with E-state index in [0.29, 0.717) is 24.0 Å². The van der Waals surface area contributed by atoms with E-state index in [1.54, 1.807) is 23.2 Å². The van der Waals surface area contributed by atoms with Crippen LogP contribution < -0.4 is 9.47 Å². The summed E-state index contributed by atoms with van der Waals surface area (Å²) in [6.07, 6.45) is 2.01. The quantitative estimate of drug-likeness (QED) is 0.188. The molecule has 8 nitrogen and oxygen atoms in total. The molecule has 0 unspecified atom stereocenters.